The summed E-state index contributed by atoms with van der Waals surface area (Å²) < 4.78 is 11.0. The molecule has 1 fully saturated rings. The van der Waals surface area contributed by atoms with Gasteiger partial charge in [0.25, 0.3) is 5.91 Å². The van der Waals surface area contributed by atoms with E-state index in [1.165, 1.54) is 0 Å². The predicted octanol–water partition coefficient (Wildman–Crippen LogP) is 3.39. The summed E-state index contributed by atoms with van der Waals surface area (Å²) in [4.78, 5) is 14.7. The molecule has 5 heteroatoms. The third-order valence-electron chi connectivity index (χ3n) is 4.65. The van der Waals surface area contributed by atoms with E-state index in [4.69, 9.17) is 9.15 Å². The van der Waals surface area contributed by atoms with Gasteiger partial charge in [0.1, 0.15) is 11.3 Å². The summed E-state index contributed by atoms with van der Waals surface area (Å²) in [7, 11) is 1.61. The fourth-order valence-electron chi connectivity index (χ4n) is 3.43. The summed E-state index contributed by atoms with van der Waals surface area (Å²) in [5.74, 6) is 0.818. The Morgan fingerprint density at radius 1 is 1.20 bits per heavy atom. The second-order valence-electron chi connectivity index (χ2n) is 6.29. The number of amides is 1. The van der Waals surface area contributed by atoms with Crippen molar-refractivity contribution in [2.24, 2.45) is 0 Å². The maximum absolute atomic E-state index is 13.0. The van der Waals surface area contributed by atoms with Gasteiger partial charge in [-0.15, -0.1) is 0 Å². The summed E-state index contributed by atoms with van der Waals surface area (Å²) >= 11 is 0. The van der Waals surface area contributed by atoms with Crippen LogP contribution in [0.25, 0.3) is 11.0 Å². The standard InChI is InChI=1S/C20H19NO4/c1-24-16-7-4-6-13(9-16)17-11-15(22)12-21(17)20(23)19-10-14-5-2-3-8-18(14)25-19/h2-10,15,17,22H,11-12H2,1H3/t15-,17+/m0/s1. The molecule has 0 bridgehead atoms. The number of β-amino-alcohol motifs (C(OH)–C–C–N with tert-alkyl or cyclic N) is 1. The molecule has 1 amide bonds. The molecule has 0 unspecified atom stereocenters. The van der Waals surface area contributed by atoms with Crippen molar-refractivity contribution in [3.05, 3.63) is 65.9 Å². The lowest BCUT2D eigenvalue weighted by Gasteiger charge is -2.24. The SMILES string of the molecule is COc1cccc([C@H]2C[C@H](O)CN2C(=O)c2cc3ccccc3o2)c1. The van der Waals surface area contributed by atoms with E-state index in [2.05, 4.69) is 0 Å². The maximum Gasteiger partial charge on any atom is 0.290 e. The first kappa shape index (κ1) is 15.7. The van der Waals surface area contributed by atoms with Crippen LogP contribution in [-0.2, 0) is 0 Å². The maximum atomic E-state index is 13.0. The zero-order valence-electron chi connectivity index (χ0n) is 13.9. The Kier molecular flexibility index (Phi) is 3.93. The second-order valence-corrected chi connectivity index (χ2v) is 6.29. The Bertz CT molecular complexity index is 884. The van der Waals surface area contributed by atoms with Crippen LogP contribution < -0.4 is 4.74 Å². The van der Waals surface area contributed by atoms with Crippen LogP contribution in [0.1, 0.15) is 28.6 Å². The van der Waals surface area contributed by atoms with Crippen LogP contribution in [0.3, 0.4) is 0 Å². The number of aliphatic hydroxyl groups is 1. The molecule has 2 heterocycles. The number of rotatable bonds is 3. The molecule has 0 aliphatic carbocycles. The lowest BCUT2D eigenvalue weighted by molar-refractivity contribution is 0.0686. The summed E-state index contributed by atoms with van der Waals surface area (Å²) in [6.45, 7) is 0.289. The number of hydrogen-bond donors (Lipinski definition) is 1. The van der Waals surface area contributed by atoms with Gasteiger partial charge < -0.3 is 19.2 Å². The average Bonchev–Trinajstić information content (AvgIpc) is 3.24. The van der Waals surface area contributed by atoms with Gasteiger partial charge >= 0.3 is 0 Å². The number of nitrogens with zero attached hydrogens (tertiary/aromatic N) is 1. The molecule has 1 aliphatic rings. The number of furan rings is 1. The largest absolute Gasteiger partial charge is 0.497 e. The minimum Gasteiger partial charge on any atom is -0.497 e. The molecule has 25 heavy (non-hydrogen) atoms. The van der Waals surface area contributed by atoms with Gasteiger partial charge in [-0.1, -0.05) is 30.3 Å². The zero-order chi connectivity index (χ0) is 17.4. The number of para-hydroxylation sites is 1. The number of ether oxygens (including phenoxy) is 1. The number of methoxy groups -OCH3 is 1. The van der Waals surface area contributed by atoms with Crippen molar-refractivity contribution < 1.29 is 19.1 Å². The number of carbonyl (C=O) groups excluding carboxylic acids is 1. The van der Waals surface area contributed by atoms with E-state index in [0.29, 0.717) is 17.8 Å². The highest BCUT2D eigenvalue weighted by molar-refractivity contribution is 5.96. The molecule has 0 radical (unpaired) electrons. The predicted molar refractivity (Wildman–Crippen MR) is 93.6 cm³/mol. The number of likely N-dealkylation sites (tertiary alicyclic amines) is 1. The Balaban J connectivity index is 1.67. The van der Waals surface area contributed by atoms with Gasteiger partial charge in [-0.3, -0.25) is 4.79 Å². The van der Waals surface area contributed by atoms with Crippen LogP contribution in [0.2, 0.25) is 0 Å². The van der Waals surface area contributed by atoms with Crippen molar-refractivity contribution in [3.63, 3.8) is 0 Å². The highest BCUT2D eigenvalue weighted by Gasteiger charge is 2.37. The third kappa shape index (κ3) is 2.87. The van der Waals surface area contributed by atoms with Crippen LogP contribution in [0, 0.1) is 0 Å². The Hall–Kier alpha value is -2.79. The molecule has 2 aromatic carbocycles. The van der Waals surface area contributed by atoms with Gasteiger partial charge in [-0.25, -0.2) is 0 Å². The fourth-order valence-corrected chi connectivity index (χ4v) is 3.43. The molecule has 1 saturated heterocycles. The van der Waals surface area contributed by atoms with Gasteiger partial charge in [-0.2, -0.15) is 0 Å². The van der Waals surface area contributed by atoms with Crippen molar-refractivity contribution in [1.82, 2.24) is 4.90 Å². The van der Waals surface area contributed by atoms with Crippen LogP contribution in [0.15, 0.2) is 59.0 Å². The lowest BCUT2D eigenvalue weighted by atomic mass is 10.0. The van der Waals surface area contributed by atoms with Crippen molar-refractivity contribution in [1.29, 1.82) is 0 Å². The fraction of sp³-hybridized carbons (Fsp3) is 0.250. The lowest BCUT2D eigenvalue weighted by Crippen LogP contribution is -2.31. The van der Waals surface area contributed by atoms with E-state index >= 15 is 0 Å². The first-order chi connectivity index (χ1) is 12.2. The van der Waals surface area contributed by atoms with Crippen molar-refractivity contribution in [2.75, 3.05) is 13.7 Å². The van der Waals surface area contributed by atoms with Gasteiger partial charge in [0.2, 0.25) is 0 Å². The van der Waals surface area contributed by atoms with Gasteiger partial charge in [0, 0.05) is 11.9 Å². The van der Waals surface area contributed by atoms with E-state index in [0.717, 1.165) is 16.7 Å². The Morgan fingerprint density at radius 3 is 2.84 bits per heavy atom. The molecule has 0 spiro atoms. The Labute approximate surface area is 145 Å². The minimum atomic E-state index is -0.551. The Morgan fingerprint density at radius 2 is 2.04 bits per heavy atom. The summed E-state index contributed by atoms with van der Waals surface area (Å²) in [5.41, 5.74) is 1.63. The average molecular weight is 337 g/mol. The highest BCUT2D eigenvalue weighted by Crippen LogP contribution is 2.35. The van der Waals surface area contributed by atoms with Crippen LogP contribution in [0.4, 0.5) is 0 Å². The van der Waals surface area contributed by atoms with Crippen LogP contribution in [-0.4, -0.2) is 35.7 Å². The van der Waals surface area contributed by atoms with E-state index < -0.39 is 6.10 Å². The topological polar surface area (TPSA) is 62.9 Å². The smallest absolute Gasteiger partial charge is 0.290 e. The molecule has 5 nitrogen and oxygen atoms in total. The number of carbonyl (C=O) groups is 1. The molecular weight excluding hydrogens is 318 g/mol. The summed E-state index contributed by atoms with van der Waals surface area (Å²) in [6.07, 6.45) is -0.0522. The number of hydrogen-bond acceptors (Lipinski definition) is 4. The molecule has 1 aliphatic heterocycles. The normalized spacial score (nSPS) is 20.2. The first-order valence-electron chi connectivity index (χ1n) is 8.27. The van der Waals surface area contributed by atoms with Gasteiger partial charge in [-0.05, 0) is 36.2 Å². The van der Waals surface area contributed by atoms with Crippen molar-refractivity contribution in [2.45, 2.75) is 18.6 Å². The van der Waals surface area contributed by atoms with E-state index in [9.17, 15) is 9.90 Å². The van der Waals surface area contributed by atoms with Gasteiger partial charge in [0.05, 0.1) is 19.3 Å². The second kappa shape index (κ2) is 6.26. The van der Waals surface area contributed by atoms with Crippen LogP contribution >= 0.6 is 0 Å². The van der Waals surface area contributed by atoms with Crippen LogP contribution in [0.5, 0.6) is 5.75 Å². The molecule has 1 N–H and O–H groups in total. The third-order valence-corrected chi connectivity index (χ3v) is 4.65. The number of aliphatic hydroxyl groups excluding tert-OH is 1. The van der Waals surface area contributed by atoms with Gasteiger partial charge in [0.15, 0.2) is 5.76 Å². The molecule has 128 valence electrons. The van der Waals surface area contributed by atoms with E-state index in [-0.39, 0.29) is 18.5 Å². The molecule has 4 rings (SSSR count). The minimum absolute atomic E-state index is 0.203. The van der Waals surface area contributed by atoms with E-state index in [1.807, 2.05) is 48.5 Å². The molecular formula is C20H19NO4. The quantitative estimate of drug-likeness (QED) is 0.796. The first-order valence-corrected chi connectivity index (χ1v) is 8.27. The molecule has 3 aromatic rings. The van der Waals surface area contributed by atoms with Crippen molar-refractivity contribution >= 4 is 16.9 Å². The highest BCUT2D eigenvalue weighted by atomic mass is 16.5. The monoisotopic (exact) mass is 337 g/mol. The zero-order valence-corrected chi connectivity index (χ0v) is 13.9. The number of benzene rings is 2. The van der Waals surface area contributed by atoms with E-state index in [1.54, 1.807) is 18.1 Å². The molecule has 2 atom stereocenters. The molecule has 1 aromatic heterocycles. The number of fused-ring (bicyclic) bond motifs is 1. The van der Waals surface area contributed by atoms with Crippen molar-refractivity contribution in [3.8, 4) is 5.75 Å². The summed E-state index contributed by atoms with van der Waals surface area (Å²) in [6, 6.07) is 16.7. The summed E-state index contributed by atoms with van der Waals surface area (Å²) in [5, 5.41) is 11.0. The molecule has 0 saturated carbocycles.